The van der Waals surface area contributed by atoms with Gasteiger partial charge in [-0.3, -0.25) is 9.59 Å². The topological polar surface area (TPSA) is 54.8 Å². The van der Waals surface area contributed by atoms with E-state index in [1.165, 1.54) is 0 Å². The Morgan fingerprint density at radius 3 is 2.48 bits per heavy atom. The Hall–Kier alpha value is -2.44. The molecule has 0 spiro atoms. The second kappa shape index (κ2) is 9.85. The van der Waals surface area contributed by atoms with Crippen LogP contribution in [0.3, 0.4) is 0 Å². The van der Waals surface area contributed by atoms with E-state index in [1.54, 1.807) is 7.11 Å². The highest BCUT2D eigenvalue weighted by atomic mass is 16.5. The smallest absolute Gasteiger partial charge is 0.227 e. The molecular weight excluding hydrogens is 366 g/mol. The van der Waals surface area contributed by atoms with Gasteiger partial charge in [-0.2, -0.15) is 0 Å². The summed E-state index contributed by atoms with van der Waals surface area (Å²) in [6, 6.07) is 13.7. The van der Waals surface area contributed by atoms with Crippen LogP contribution in [0.15, 0.2) is 48.7 Å². The van der Waals surface area contributed by atoms with Crippen LogP contribution in [-0.4, -0.2) is 60.6 Å². The standard InChI is InChI=1S/C23H31N3O3/c1-3-22(28)26(20-8-5-4-6-9-20)23(19-29-2)11-14-24(15-12-23)16-17-25-13-7-10-21(25)18-27/h4-10,13,18H,3,11-12,14-17,19H2,1-2H3. The number of rotatable bonds is 9. The molecule has 29 heavy (non-hydrogen) atoms. The number of ether oxygens (including phenoxy) is 1. The lowest BCUT2D eigenvalue weighted by atomic mass is 9.85. The zero-order valence-electron chi connectivity index (χ0n) is 17.4. The molecule has 2 aromatic rings. The molecule has 2 heterocycles. The molecule has 0 radical (unpaired) electrons. The number of carbonyl (C=O) groups is 2. The maximum atomic E-state index is 12.9. The summed E-state index contributed by atoms with van der Waals surface area (Å²) in [5.41, 5.74) is 1.31. The second-order valence-electron chi connectivity index (χ2n) is 7.66. The van der Waals surface area contributed by atoms with Gasteiger partial charge < -0.3 is 19.1 Å². The van der Waals surface area contributed by atoms with Gasteiger partial charge in [-0.05, 0) is 37.1 Å². The number of anilines is 1. The first-order valence-electron chi connectivity index (χ1n) is 10.3. The van der Waals surface area contributed by atoms with E-state index in [0.717, 1.165) is 51.0 Å². The summed E-state index contributed by atoms with van der Waals surface area (Å²) in [5, 5.41) is 0. The van der Waals surface area contributed by atoms with Crippen molar-refractivity contribution in [2.24, 2.45) is 0 Å². The van der Waals surface area contributed by atoms with Gasteiger partial charge in [0.1, 0.15) is 0 Å². The van der Waals surface area contributed by atoms with Crippen LogP contribution in [0.5, 0.6) is 0 Å². The number of para-hydroxylation sites is 1. The average Bonchev–Trinajstić information content (AvgIpc) is 3.22. The third-order valence-corrected chi connectivity index (χ3v) is 5.88. The minimum atomic E-state index is -0.332. The molecule has 0 saturated carbocycles. The van der Waals surface area contributed by atoms with Gasteiger partial charge in [0.05, 0.1) is 17.8 Å². The number of nitrogens with zero attached hydrogens (tertiary/aromatic N) is 3. The zero-order chi connectivity index (χ0) is 20.7. The van der Waals surface area contributed by atoms with Crippen LogP contribution in [0.25, 0.3) is 0 Å². The molecule has 3 rings (SSSR count). The largest absolute Gasteiger partial charge is 0.382 e. The summed E-state index contributed by atoms with van der Waals surface area (Å²) in [4.78, 5) is 28.4. The first-order valence-corrected chi connectivity index (χ1v) is 10.3. The van der Waals surface area contributed by atoms with Gasteiger partial charge in [0.2, 0.25) is 5.91 Å². The molecule has 0 atom stereocenters. The zero-order valence-corrected chi connectivity index (χ0v) is 17.4. The highest BCUT2D eigenvalue weighted by Gasteiger charge is 2.42. The van der Waals surface area contributed by atoms with Crippen molar-refractivity contribution in [3.63, 3.8) is 0 Å². The van der Waals surface area contributed by atoms with Crippen LogP contribution in [0, 0.1) is 0 Å². The van der Waals surface area contributed by atoms with Crippen LogP contribution in [0.1, 0.15) is 36.7 Å². The molecule has 1 aromatic carbocycles. The van der Waals surface area contributed by atoms with E-state index >= 15 is 0 Å². The Kier molecular flexibility index (Phi) is 7.23. The molecule has 0 unspecified atom stereocenters. The molecule has 0 aliphatic carbocycles. The Labute approximate surface area is 173 Å². The van der Waals surface area contributed by atoms with Gasteiger partial charge in [0.25, 0.3) is 0 Å². The molecule has 156 valence electrons. The second-order valence-corrected chi connectivity index (χ2v) is 7.66. The molecule has 6 nitrogen and oxygen atoms in total. The van der Waals surface area contributed by atoms with Crippen molar-refractivity contribution >= 4 is 17.9 Å². The lowest BCUT2D eigenvalue weighted by Crippen LogP contribution is -2.60. The Morgan fingerprint density at radius 1 is 1.14 bits per heavy atom. The number of aromatic nitrogens is 1. The van der Waals surface area contributed by atoms with Crippen LogP contribution in [0.4, 0.5) is 5.69 Å². The predicted molar refractivity (Wildman–Crippen MR) is 114 cm³/mol. The van der Waals surface area contributed by atoms with Crippen molar-refractivity contribution in [2.45, 2.75) is 38.3 Å². The van der Waals surface area contributed by atoms with E-state index < -0.39 is 0 Å². The number of methoxy groups -OCH3 is 1. The molecule has 1 aromatic heterocycles. The van der Waals surface area contributed by atoms with Gasteiger partial charge in [-0.15, -0.1) is 0 Å². The van der Waals surface area contributed by atoms with Crippen molar-refractivity contribution in [1.29, 1.82) is 0 Å². The summed E-state index contributed by atoms with van der Waals surface area (Å²) in [5.74, 6) is 0.129. The molecule has 0 N–H and O–H groups in total. The number of benzene rings is 1. The Balaban J connectivity index is 1.72. The summed E-state index contributed by atoms with van der Waals surface area (Å²) in [6.07, 6.45) is 5.02. The van der Waals surface area contributed by atoms with Crippen LogP contribution in [-0.2, 0) is 16.1 Å². The fourth-order valence-corrected chi connectivity index (χ4v) is 4.30. The van der Waals surface area contributed by atoms with Gasteiger partial charge in [0, 0.05) is 51.6 Å². The molecule has 6 heteroatoms. The minimum Gasteiger partial charge on any atom is -0.382 e. The van der Waals surface area contributed by atoms with Gasteiger partial charge in [-0.1, -0.05) is 25.1 Å². The molecule has 0 bridgehead atoms. The van der Waals surface area contributed by atoms with E-state index in [2.05, 4.69) is 4.90 Å². The van der Waals surface area contributed by atoms with E-state index in [4.69, 9.17) is 4.74 Å². The summed E-state index contributed by atoms with van der Waals surface area (Å²) in [7, 11) is 1.71. The van der Waals surface area contributed by atoms with Crippen molar-refractivity contribution in [2.75, 3.05) is 38.3 Å². The monoisotopic (exact) mass is 397 g/mol. The third-order valence-electron chi connectivity index (χ3n) is 5.88. The number of likely N-dealkylation sites (tertiary alicyclic amines) is 1. The highest BCUT2D eigenvalue weighted by molar-refractivity contribution is 5.94. The minimum absolute atomic E-state index is 0.129. The molecule has 1 amide bonds. The number of amides is 1. The molecule has 1 saturated heterocycles. The maximum absolute atomic E-state index is 12.9. The van der Waals surface area contributed by atoms with Crippen LogP contribution >= 0.6 is 0 Å². The lowest BCUT2D eigenvalue weighted by molar-refractivity contribution is -0.120. The Bertz CT molecular complexity index is 795. The number of piperidine rings is 1. The van der Waals surface area contributed by atoms with Crippen molar-refractivity contribution in [3.8, 4) is 0 Å². The highest BCUT2D eigenvalue weighted by Crippen LogP contribution is 2.34. The first-order chi connectivity index (χ1) is 14.1. The number of aldehydes is 1. The van der Waals surface area contributed by atoms with Crippen LogP contribution in [0.2, 0.25) is 0 Å². The Morgan fingerprint density at radius 2 is 1.86 bits per heavy atom. The van der Waals surface area contributed by atoms with Crippen molar-refractivity contribution < 1.29 is 14.3 Å². The average molecular weight is 398 g/mol. The van der Waals surface area contributed by atoms with Gasteiger partial charge in [-0.25, -0.2) is 0 Å². The summed E-state index contributed by atoms with van der Waals surface area (Å²) >= 11 is 0. The maximum Gasteiger partial charge on any atom is 0.227 e. The third kappa shape index (κ3) is 4.77. The molecule has 1 aliphatic heterocycles. The number of carbonyl (C=O) groups excluding carboxylic acids is 2. The molecular formula is C23H31N3O3. The molecule has 1 fully saturated rings. The van der Waals surface area contributed by atoms with Crippen molar-refractivity contribution in [3.05, 3.63) is 54.4 Å². The fraction of sp³-hybridized carbons (Fsp3) is 0.478. The number of hydrogen-bond acceptors (Lipinski definition) is 4. The van der Waals surface area contributed by atoms with Crippen LogP contribution < -0.4 is 4.90 Å². The quantitative estimate of drug-likeness (QED) is 0.610. The fourth-order valence-electron chi connectivity index (χ4n) is 4.30. The normalized spacial score (nSPS) is 16.5. The van der Waals surface area contributed by atoms with Gasteiger partial charge >= 0.3 is 0 Å². The lowest BCUT2D eigenvalue weighted by Gasteiger charge is -2.48. The van der Waals surface area contributed by atoms with E-state index in [0.29, 0.717) is 18.7 Å². The predicted octanol–water partition coefficient (Wildman–Crippen LogP) is 3.22. The molecule has 1 aliphatic rings. The summed E-state index contributed by atoms with van der Waals surface area (Å²) in [6.45, 7) is 5.88. The van der Waals surface area contributed by atoms with E-state index in [1.807, 2.05) is 65.1 Å². The van der Waals surface area contributed by atoms with Crippen molar-refractivity contribution in [1.82, 2.24) is 9.47 Å². The SMILES string of the molecule is CCC(=O)N(c1ccccc1)C1(COC)CCN(CCn2cccc2C=O)CC1. The number of hydrogen-bond donors (Lipinski definition) is 0. The van der Waals surface area contributed by atoms with E-state index in [-0.39, 0.29) is 11.4 Å². The van der Waals surface area contributed by atoms with E-state index in [9.17, 15) is 9.59 Å². The summed E-state index contributed by atoms with van der Waals surface area (Å²) < 4.78 is 7.60. The first kappa shape index (κ1) is 21.3. The van der Waals surface area contributed by atoms with Gasteiger partial charge in [0.15, 0.2) is 6.29 Å².